The number of benzene rings is 2. The molecule has 0 unspecified atom stereocenters. The molecule has 0 spiro atoms. The van der Waals surface area contributed by atoms with Gasteiger partial charge in [0.2, 0.25) is 5.91 Å². The van der Waals surface area contributed by atoms with Crippen LogP contribution in [0.3, 0.4) is 0 Å². The Morgan fingerprint density at radius 1 is 1.17 bits per heavy atom. The summed E-state index contributed by atoms with van der Waals surface area (Å²) in [7, 11) is 1.46. The number of hydrogen-bond acceptors (Lipinski definition) is 4. The van der Waals surface area contributed by atoms with E-state index >= 15 is 0 Å². The molecule has 0 bridgehead atoms. The third kappa shape index (κ3) is 4.25. The highest BCUT2D eigenvalue weighted by Crippen LogP contribution is 2.26. The molecule has 2 aromatic rings. The maximum absolute atomic E-state index is 12.1. The summed E-state index contributed by atoms with van der Waals surface area (Å²) in [4.78, 5) is 23.3. The van der Waals surface area contributed by atoms with Gasteiger partial charge in [-0.3, -0.25) is 4.79 Å². The molecule has 0 aromatic heterocycles. The number of phenolic OH excluding ortho intramolecular Hbond substituents is 1. The number of nitrogens with one attached hydrogen (secondary N) is 1. The summed E-state index contributed by atoms with van der Waals surface area (Å²) in [6, 6.07) is 9.71. The van der Waals surface area contributed by atoms with Crippen molar-refractivity contribution in [2.45, 2.75) is 19.8 Å². The summed E-state index contributed by atoms with van der Waals surface area (Å²) in [5.74, 6) is -1.000. The van der Waals surface area contributed by atoms with Crippen molar-refractivity contribution >= 4 is 17.6 Å². The SMILES string of the molecule is COc1ccc(CCC(=O)Nc2cc(C)ccc2C(=O)O)cc1O. The molecule has 0 fully saturated rings. The van der Waals surface area contributed by atoms with Gasteiger partial charge in [-0.25, -0.2) is 4.79 Å². The van der Waals surface area contributed by atoms with Gasteiger partial charge in [-0.05, 0) is 48.7 Å². The quantitative estimate of drug-likeness (QED) is 0.757. The zero-order chi connectivity index (χ0) is 17.7. The van der Waals surface area contributed by atoms with Gasteiger partial charge in [-0.2, -0.15) is 0 Å². The maximum Gasteiger partial charge on any atom is 0.337 e. The van der Waals surface area contributed by atoms with E-state index in [1.165, 1.54) is 13.2 Å². The van der Waals surface area contributed by atoms with E-state index in [4.69, 9.17) is 9.84 Å². The lowest BCUT2D eigenvalue weighted by molar-refractivity contribution is -0.116. The van der Waals surface area contributed by atoms with Crippen molar-refractivity contribution in [2.24, 2.45) is 0 Å². The lowest BCUT2D eigenvalue weighted by atomic mass is 10.1. The molecule has 0 aliphatic heterocycles. The molecule has 0 aliphatic rings. The maximum atomic E-state index is 12.1. The molecule has 0 heterocycles. The lowest BCUT2D eigenvalue weighted by Gasteiger charge is -2.10. The molecule has 6 nitrogen and oxygen atoms in total. The van der Waals surface area contributed by atoms with E-state index in [2.05, 4.69) is 5.32 Å². The van der Waals surface area contributed by atoms with Gasteiger partial charge in [0.1, 0.15) is 0 Å². The molecular formula is C18H19NO5. The summed E-state index contributed by atoms with van der Waals surface area (Å²) in [5, 5.41) is 21.5. The average Bonchev–Trinajstić information content (AvgIpc) is 2.53. The summed E-state index contributed by atoms with van der Waals surface area (Å²) < 4.78 is 4.97. The Bertz CT molecular complexity index is 770. The van der Waals surface area contributed by atoms with Gasteiger partial charge < -0.3 is 20.3 Å². The number of aromatic hydroxyl groups is 1. The number of carboxylic acids is 1. The predicted octanol–water partition coefficient (Wildman–Crippen LogP) is 2.98. The van der Waals surface area contributed by atoms with Crippen molar-refractivity contribution in [1.29, 1.82) is 0 Å². The number of phenols is 1. The highest BCUT2D eigenvalue weighted by molar-refractivity contribution is 6.00. The molecule has 0 atom stereocenters. The molecule has 0 aliphatic carbocycles. The first kappa shape index (κ1) is 17.3. The van der Waals surface area contributed by atoms with Crippen LogP contribution in [0, 0.1) is 6.92 Å². The van der Waals surface area contributed by atoms with Crippen molar-refractivity contribution in [1.82, 2.24) is 0 Å². The van der Waals surface area contributed by atoms with E-state index < -0.39 is 5.97 Å². The third-order valence-electron chi connectivity index (χ3n) is 3.56. The van der Waals surface area contributed by atoms with Gasteiger partial charge in [-0.15, -0.1) is 0 Å². The second-order valence-electron chi connectivity index (χ2n) is 5.41. The fraction of sp³-hybridized carbons (Fsp3) is 0.222. The van der Waals surface area contributed by atoms with E-state index in [1.807, 2.05) is 6.92 Å². The van der Waals surface area contributed by atoms with Crippen molar-refractivity contribution < 1.29 is 24.5 Å². The number of carbonyl (C=O) groups excluding carboxylic acids is 1. The van der Waals surface area contributed by atoms with E-state index in [9.17, 15) is 14.7 Å². The Morgan fingerprint density at radius 3 is 2.54 bits per heavy atom. The van der Waals surface area contributed by atoms with Crippen LogP contribution in [0.5, 0.6) is 11.5 Å². The Morgan fingerprint density at radius 2 is 1.92 bits per heavy atom. The fourth-order valence-electron chi connectivity index (χ4n) is 2.31. The molecule has 1 amide bonds. The van der Waals surface area contributed by atoms with E-state index in [-0.39, 0.29) is 29.3 Å². The second-order valence-corrected chi connectivity index (χ2v) is 5.41. The van der Waals surface area contributed by atoms with Gasteiger partial charge >= 0.3 is 5.97 Å². The Balaban J connectivity index is 2.03. The third-order valence-corrected chi connectivity index (χ3v) is 3.56. The molecule has 126 valence electrons. The predicted molar refractivity (Wildman–Crippen MR) is 89.7 cm³/mol. The number of rotatable bonds is 6. The van der Waals surface area contributed by atoms with Gasteiger partial charge in [-0.1, -0.05) is 12.1 Å². The van der Waals surface area contributed by atoms with E-state index in [1.54, 1.807) is 30.3 Å². The number of aromatic carboxylic acids is 1. The number of hydrogen-bond donors (Lipinski definition) is 3. The molecule has 2 rings (SSSR count). The summed E-state index contributed by atoms with van der Waals surface area (Å²) in [5.41, 5.74) is 1.97. The first-order chi connectivity index (χ1) is 11.4. The van der Waals surface area contributed by atoms with Crippen LogP contribution >= 0.6 is 0 Å². The number of amides is 1. The van der Waals surface area contributed by atoms with Crippen molar-refractivity contribution in [3.05, 3.63) is 53.1 Å². The number of aryl methyl sites for hydroxylation is 2. The normalized spacial score (nSPS) is 10.2. The first-order valence-electron chi connectivity index (χ1n) is 7.40. The smallest absolute Gasteiger partial charge is 0.337 e. The molecule has 0 radical (unpaired) electrons. The molecular weight excluding hydrogens is 310 g/mol. The molecule has 24 heavy (non-hydrogen) atoms. The standard InChI is InChI=1S/C18H19NO5/c1-11-3-6-13(18(22)23)14(9-11)19-17(21)8-5-12-4-7-16(24-2)15(20)10-12/h3-4,6-7,9-10,20H,5,8H2,1-2H3,(H,19,21)(H,22,23). The molecule has 0 saturated heterocycles. The Hall–Kier alpha value is -3.02. The highest BCUT2D eigenvalue weighted by Gasteiger charge is 2.13. The highest BCUT2D eigenvalue weighted by atomic mass is 16.5. The number of ether oxygens (including phenoxy) is 1. The zero-order valence-corrected chi connectivity index (χ0v) is 13.5. The second kappa shape index (κ2) is 7.50. The van der Waals surface area contributed by atoms with Crippen LogP contribution in [0.15, 0.2) is 36.4 Å². The largest absolute Gasteiger partial charge is 0.504 e. The zero-order valence-electron chi connectivity index (χ0n) is 13.5. The average molecular weight is 329 g/mol. The van der Waals surface area contributed by atoms with Crippen LogP contribution in [0.25, 0.3) is 0 Å². The number of methoxy groups -OCH3 is 1. The van der Waals surface area contributed by atoms with Crippen LogP contribution in [0.2, 0.25) is 0 Å². The van der Waals surface area contributed by atoms with Crippen LogP contribution < -0.4 is 10.1 Å². The van der Waals surface area contributed by atoms with Crippen molar-refractivity contribution in [3.8, 4) is 11.5 Å². The topological polar surface area (TPSA) is 95.9 Å². The molecule has 3 N–H and O–H groups in total. The van der Waals surface area contributed by atoms with Crippen molar-refractivity contribution in [3.63, 3.8) is 0 Å². The van der Waals surface area contributed by atoms with Crippen LogP contribution in [-0.2, 0) is 11.2 Å². The lowest BCUT2D eigenvalue weighted by Crippen LogP contribution is -2.15. The number of anilines is 1. The Kier molecular flexibility index (Phi) is 5.42. The van der Waals surface area contributed by atoms with Gasteiger partial charge in [0.15, 0.2) is 11.5 Å². The fourth-order valence-corrected chi connectivity index (χ4v) is 2.31. The van der Waals surface area contributed by atoms with E-state index in [0.29, 0.717) is 12.2 Å². The first-order valence-corrected chi connectivity index (χ1v) is 7.40. The van der Waals surface area contributed by atoms with Crippen LogP contribution in [0.4, 0.5) is 5.69 Å². The minimum Gasteiger partial charge on any atom is -0.504 e. The minimum absolute atomic E-state index is 0.0160. The van der Waals surface area contributed by atoms with Crippen LogP contribution in [-0.4, -0.2) is 29.2 Å². The number of carbonyl (C=O) groups is 2. The van der Waals surface area contributed by atoms with Crippen molar-refractivity contribution in [2.75, 3.05) is 12.4 Å². The summed E-state index contributed by atoms with van der Waals surface area (Å²) in [6.45, 7) is 1.82. The monoisotopic (exact) mass is 329 g/mol. The van der Waals surface area contributed by atoms with E-state index in [0.717, 1.165) is 11.1 Å². The molecule has 0 saturated carbocycles. The summed E-state index contributed by atoms with van der Waals surface area (Å²) >= 11 is 0. The minimum atomic E-state index is -1.09. The van der Waals surface area contributed by atoms with Gasteiger partial charge in [0.05, 0.1) is 18.4 Å². The number of carboxylic acid groups (broad SMARTS) is 1. The van der Waals surface area contributed by atoms with Gasteiger partial charge in [0, 0.05) is 6.42 Å². The van der Waals surface area contributed by atoms with Gasteiger partial charge in [0.25, 0.3) is 0 Å². The molecule has 6 heteroatoms. The Labute approximate surface area is 139 Å². The molecule has 2 aromatic carbocycles. The summed E-state index contributed by atoms with van der Waals surface area (Å²) in [6.07, 6.45) is 0.580. The van der Waals surface area contributed by atoms with Crippen LogP contribution in [0.1, 0.15) is 27.9 Å².